The van der Waals surface area contributed by atoms with E-state index in [0.29, 0.717) is 49.7 Å². The Morgan fingerprint density at radius 2 is 1.84 bits per heavy atom. The van der Waals surface area contributed by atoms with Crippen molar-refractivity contribution in [2.45, 2.75) is 45.2 Å². The molecule has 9 heteroatoms. The van der Waals surface area contributed by atoms with Crippen molar-refractivity contribution in [3.05, 3.63) is 34.9 Å². The fourth-order valence-electron chi connectivity index (χ4n) is 3.48. The molecular formula is C22H33ClN4O4. The van der Waals surface area contributed by atoms with Crippen LogP contribution in [0.3, 0.4) is 0 Å². The van der Waals surface area contributed by atoms with Gasteiger partial charge in [0.05, 0.1) is 17.2 Å². The molecule has 1 fully saturated rings. The van der Waals surface area contributed by atoms with Crippen LogP contribution in [0.25, 0.3) is 0 Å². The van der Waals surface area contributed by atoms with Crippen LogP contribution in [0.2, 0.25) is 5.02 Å². The number of piperidine rings is 1. The quantitative estimate of drug-likeness (QED) is 0.553. The number of urea groups is 1. The molecule has 1 aromatic rings. The summed E-state index contributed by atoms with van der Waals surface area (Å²) in [5.41, 5.74) is 0.00141. The summed E-state index contributed by atoms with van der Waals surface area (Å²) in [5, 5.41) is 8.96. The summed E-state index contributed by atoms with van der Waals surface area (Å²) >= 11 is 6.15. The van der Waals surface area contributed by atoms with Gasteiger partial charge in [0, 0.05) is 32.3 Å². The zero-order chi connectivity index (χ0) is 23.0. The molecule has 1 saturated heterocycles. The molecule has 0 unspecified atom stereocenters. The van der Waals surface area contributed by atoms with Gasteiger partial charge in [0.2, 0.25) is 5.91 Å². The zero-order valence-corrected chi connectivity index (χ0v) is 19.4. The van der Waals surface area contributed by atoms with Gasteiger partial charge in [-0.3, -0.25) is 9.59 Å². The van der Waals surface area contributed by atoms with Crippen LogP contribution in [0.15, 0.2) is 24.3 Å². The van der Waals surface area contributed by atoms with Gasteiger partial charge in [0.25, 0.3) is 5.91 Å². The van der Waals surface area contributed by atoms with Crippen molar-refractivity contribution in [1.82, 2.24) is 20.9 Å². The summed E-state index contributed by atoms with van der Waals surface area (Å²) in [6, 6.07) is 5.88. The van der Waals surface area contributed by atoms with Crippen molar-refractivity contribution in [2.75, 3.05) is 33.4 Å². The van der Waals surface area contributed by atoms with E-state index in [2.05, 4.69) is 16.0 Å². The minimum atomic E-state index is -0.728. The third-order valence-corrected chi connectivity index (χ3v) is 5.40. The van der Waals surface area contributed by atoms with Gasteiger partial charge in [-0.25, -0.2) is 4.79 Å². The first-order valence-corrected chi connectivity index (χ1v) is 10.9. The molecule has 4 amide bonds. The molecule has 2 rings (SSSR count). The predicted molar refractivity (Wildman–Crippen MR) is 120 cm³/mol. The summed E-state index contributed by atoms with van der Waals surface area (Å²) in [6.07, 6.45) is 1.20. The first-order chi connectivity index (χ1) is 14.6. The number of halogens is 1. The summed E-state index contributed by atoms with van der Waals surface area (Å²) in [5.74, 6) is -0.770. The molecule has 8 nitrogen and oxygen atoms in total. The third-order valence-electron chi connectivity index (χ3n) is 5.07. The number of benzene rings is 1. The number of carbonyl (C=O) groups excluding carboxylic acids is 3. The second-order valence-corrected chi connectivity index (χ2v) is 9.13. The fraction of sp³-hybridized carbons (Fsp3) is 0.591. The maximum Gasteiger partial charge on any atom is 0.317 e. The number of hydrogen-bond acceptors (Lipinski definition) is 4. The summed E-state index contributed by atoms with van der Waals surface area (Å²) in [6.45, 7) is 7.54. The summed E-state index contributed by atoms with van der Waals surface area (Å²) < 4.78 is 4.99. The maximum atomic E-state index is 12.9. The van der Waals surface area contributed by atoms with E-state index in [1.807, 2.05) is 20.8 Å². The standard InChI is InChI=1S/C22H33ClN4O4/c1-22(2,3)26-21(30)27-12-9-15(10-13-27)18(20(29)24-11-14-31-4)25-19(28)16-7-5-6-8-17(16)23/h5-8,15,18H,9-14H2,1-4H3,(H,24,29)(H,25,28)(H,26,30)/t18-/m0/s1. The highest BCUT2D eigenvalue weighted by molar-refractivity contribution is 6.33. The molecular weight excluding hydrogens is 420 g/mol. The molecule has 1 heterocycles. The molecule has 31 heavy (non-hydrogen) atoms. The van der Waals surface area contributed by atoms with Crippen molar-refractivity contribution in [1.29, 1.82) is 0 Å². The van der Waals surface area contributed by atoms with E-state index in [9.17, 15) is 14.4 Å². The number of ether oxygens (including phenoxy) is 1. The van der Waals surface area contributed by atoms with Gasteiger partial charge in [-0.05, 0) is 51.7 Å². The molecule has 1 aromatic carbocycles. The highest BCUT2D eigenvalue weighted by Crippen LogP contribution is 2.23. The molecule has 0 aliphatic carbocycles. The Kier molecular flexibility index (Phi) is 9.13. The Hall–Kier alpha value is -2.32. The van der Waals surface area contributed by atoms with Gasteiger partial charge >= 0.3 is 6.03 Å². The van der Waals surface area contributed by atoms with E-state index >= 15 is 0 Å². The van der Waals surface area contributed by atoms with E-state index < -0.39 is 11.9 Å². The van der Waals surface area contributed by atoms with E-state index in [1.165, 1.54) is 0 Å². The van der Waals surface area contributed by atoms with Crippen LogP contribution in [-0.4, -0.2) is 67.7 Å². The zero-order valence-electron chi connectivity index (χ0n) is 18.7. The van der Waals surface area contributed by atoms with Gasteiger partial charge in [0.15, 0.2) is 0 Å². The second kappa shape index (κ2) is 11.3. The molecule has 0 saturated carbocycles. The van der Waals surface area contributed by atoms with E-state index in [-0.39, 0.29) is 23.4 Å². The van der Waals surface area contributed by atoms with Crippen LogP contribution < -0.4 is 16.0 Å². The van der Waals surface area contributed by atoms with Gasteiger partial charge in [-0.2, -0.15) is 0 Å². The number of rotatable bonds is 7. The summed E-state index contributed by atoms with van der Waals surface area (Å²) in [4.78, 5) is 39.9. The lowest BCUT2D eigenvalue weighted by molar-refractivity contribution is -0.124. The smallest absolute Gasteiger partial charge is 0.317 e. The second-order valence-electron chi connectivity index (χ2n) is 8.72. The van der Waals surface area contributed by atoms with Gasteiger partial charge in [-0.15, -0.1) is 0 Å². The van der Waals surface area contributed by atoms with Crippen LogP contribution in [0.1, 0.15) is 44.0 Å². The average Bonchev–Trinajstić information content (AvgIpc) is 2.71. The minimum absolute atomic E-state index is 0.104. The number of likely N-dealkylation sites (tertiary alicyclic amines) is 1. The lowest BCUT2D eigenvalue weighted by atomic mass is 9.88. The number of nitrogens with one attached hydrogen (secondary N) is 3. The lowest BCUT2D eigenvalue weighted by Gasteiger charge is -2.37. The number of nitrogens with zero attached hydrogens (tertiary/aromatic N) is 1. The minimum Gasteiger partial charge on any atom is -0.383 e. The lowest BCUT2D eigenvalue weighted by Crippen LogP contribution is -2.56. The molecule has 3 N–H and O–H groups in total. The van der Waals surface area contributed by atoms with Crippen molar-refractivity contribution in [3.8, 4) is 0 Å². The van der Waals surface area contributed by atoms with Crippen molar-refractivity contribution >= 4 is 29.4 Å². The maximum absolute atomic E-state index is 12.9. The number of methoxy groups -OCH3 is 1. The Bertz CT molecular complexity index is 773. The topological polar surface area (TPSA) is 99.8 Å². The van der Waals surface area contributed by atoms with E-state index in [1.54, 1.807) is 36.3 Å². The van der Waals surface area contributed by atoms with Crippen LogP contribution in [0, 0.1) is 5.92 Å². The number of hydrogen-bond donors (Lipinski definition) is 3. The van der Waals surface area contributed by atoms with Crippen molar-refractivity contribution < 1.29 is 19.1 Å². The Balaban J connectivity index is 2.07. The molecule has 0 bridgehead atoms. The molecule has 0 radical (unpaired) electrons. The van der Waals surface area contributed by atoms with Crippen LogP contribution in [0.4, 0.5) is 4.79 Å². The Morgan fingerprint density at radius 3 is 2.42 bits per heavy atom. The molecule has 172 valence electrons. The monoisotopic (exact) mass is 452 g/mol. The molecule has 0 aromatic heterocycles. The first kappa shape index (κ1) is 24.9. The van der Waals surface area contributed by atoms with Crippen molar-refractivity contribution in [2.24, 2.45) is 5.92 Å². The fourth-order valence-corrected chi connectivity index (χ4v) is 3.71. The van der Waals surface area contributed by atoms with Gasteiger partial charge in [-0.1, -0.05) is 23.7 Å². The molecule has 1 atom stereocenters. The highest BCUT2D eigenvalue weighted by atomic mass is 35.5. The Labute approximate surface area is 189 Å². The van der Waals surface area contributed by atoms with Gasteiger partial charge in [0.1, 0.15) is 6.04 Å². The number of amides is 4. The van der Waals surface area contributed by atoms with E-state index in [0.717, 1.165) is 0 Å². The SMILES string of the molecule is COCCNC(=O)[C@@H](NC(=O)c1ccccc1Cl)C1CCN(C(=O)NC(C)(C)C)CC1. The van der Waals surface area contributed by atoms with Gasteiger partial charge < -0.3 is 25.6 Å². The highest BCUT2D eigenvalue weighted by Gasteiger charge is 2.34. The number of carbonyl (C=O) groups is 3. The third kappa shape index (κ3) is 7.70. The van der Waals surface area contributed by atoms with E-state index in [4.69, 9.17) is 16.3 Å². The van der Waals surface area contributed by atoms with Crippen LogP contribution in [0.5, 0.6) is 0 Å². The molecule has 0 spiro atoms. The molecule has 1 aliphatic heterocycles. The normalized spacial score (nSPS) is 15.8. The van der Waals surface area contributed by atoms with Crippen LogP contribution >= 0.6 is 11.6 Å². The molecule has 1 aliphatic rings. The first-order valence-electron chi connectivity index (χ1n) is 10.5. The van der Waals surface area contributed by atoms with Crippen molar-refractivity contribution in [3.63, 3.8) is 0 Å². The Morgan fingerprint density at radius 1 is 1.19 bits per heavy atom. The summed E-state index contributed by atoms with van der Waals surface area (Å²) in [7, 11) is 1.56. The largest absolute Gasteiger partial charge is 0.383 e. The predicted octanol–water partition coefficient (Wildman–Crippen LogP) is 2.42. The average molecular weight is 453 g/mol. The van der Waals surface area contributed by atoms with Crippen LogP contribution in [-0.2, 0) is 9.53 Å².